The molecular weight excluding hydrogens is 276 g/mol. The van der Waals surface area contributed by atoms with E-state index >= 15 is 0 Å². The second-order valence-corrected chi connectivity index (χ2v) is 11.9. The first kappa shape index (κ1) is 21.1. The Hall–Kier alpha value is 0.0969. The van der Waals surface area contributed by atoms with Gasteiger partial charge < -0.3 is 15.1 Å². The maximum Gasteiger partial charge on any atom is 0.263 e. The number of nitrogens with two attached hydrogens (primary N) is 1. The molecule has 3 N–H and O–H groups in total. The quantitative estimate of drug-likeness (QED) is 0.563. The summed E-state index contributed by atoms with van der Waals surface area (Å²) in [5.41, 5.74) is 5.65. The van der Waals surface area contributed by atoms with E-state index < -0.39 is 8.48 Å². The lowest BCUT2D eigenvalue weighted by Gasteiger charge is -2.44. The summed E-state index contributed by atoms with van der Waals surface area (Å²) in [7, 11) is -1.89. The summed E-state index contributed by atoms with van der Waals surface area (Å²) in [6, 6.07) is 0. The van der Waals surface area contributed by atoms with Gasteiger partial charge >= 0.3 is 0 Å². The molecule has 3 nitrogen and oxygen atoms in total. The van der Waals surface area contributed by atoms with Gasteiger partial charge in [-0.3, -0.25) is 0 Å². The largest absolute Gasteiger partial charge is 0.398 e. The van der Waals surface area contributed by atoms with Crippen molar-refractivity contribution in [3.8, 4) is 0 Å². The highest BCUT2D eigenvalue weighted by atomic mass is 28.4. The second kappa shape index (κ2) is 9.28. The molecule has 21 heavy (non-hydrogen) atoms. The minimum absolute atomic E-state index is 0.00776. The molecule has 128 valence electrons. The van der Waals surface area contributed by atoms with Crippen LogP contribution in [0.25, 0.3) is 0 Å². The van der Waals surface area contributed by atoms with Gasteiger partial charge in [0.1, 0.15) is 0 Å². The van der Waals surface area contributed by atoms with Crippen molar-refractivity contribution in [2.24, 2.45) is 23.5 Å². The lowest BCUT2D eigenvalue weighted by atomic mass is 9.79. The molecule has 0 aliphatic carbocycles. The van der Waals surface area contributed by atoms with Crippen LogP contribution in [0.1, 0.15) is 60.8 Å². The Morgan fingerprint density at radius 3 is 1.57 bits per heavy atom. The lowest BCUT2D eigenvalue weighted by Crippen LogP contribution is -2.56. The average molecular weight is 317 g/mol. The monoisotopic (exact) mass is 316 g/mol. The molecule has 0 aliphatic rings. The molecule has 0 aliphatic heterocycles. The van der Waals surface area contributed by atoms with Gasteiger partial charge in [-0.05, 0) is 50.1 Å². The summed E-state index contributed by atoms with van der Waals surface area (Å²) in [4.78, 5) is 3.58. The van der Waals surface area contributed by atoms with E-state index in [4.69, 9.17) is 10.2 Å². The van der Waals surface area contributed by atoms with Crippen molar-refractivity contribution in [1.29, 1.82) is 0 Å². The average Bonchev–Trinajstić information content (AvgIpc) is 2.21. The predicted molar refractivity (Wildman–Crippen MR) is 96.7 cm³/mol. The van der Waals surface area contributed by atoms with Crippen molar-refractivity contribution < 1.29 is 4.43 Å². The molecule has 0 saturated carbocycles. The molecule has 0 bridgehead atoms. The normalized spacial score (nSPS) is 13.7. The summed E-state index contributed by atoms with van der Waals surface area (Å²) < 4.78 is 6.83. The highest BCUT2D eigenvalue weighted by Crippen LogP contribution is 2.36. The zero-order valence-electron chi connectivity index (χ0n) is 15.8. The summed E-state index contributed by atoms with van der Waals surface area (Å²) in [5.74, 6) is 1.96. The van der Waals surface area contributed by atoms with Gasteiger partial charge in [0.15, 0.2) is 0 Å². The SMILES string of the molecule is CC(C)CC(CC(C)C)(CC(C)C)O[Si](C)(C)NCCN. The number of hydrogen-bond donors (Lipinski definition) is 2. The Morgan fingerprint density at radius 2 is 1.29 bits per heavy atom. The van der Waals surface area contributed by atoms with Crippen LogP contribution in [0.2, 0.25) is 13.1 Å². The van der Waals surface area contributed by atoms with E-state index in [-0.39, 0.29) is 5.60 Å². The highest BCUT2D eigenvalue weighted by Gasteiger charge is 2.39. The molecule has 0 aromatic carbocycles. The second-order valence-electron chi connectivity index (χ2n) is 8.30. The molecule has 0 unspecified atom stereocenters. The minimum atomic E-state index is -1.89. The highest BCUT2D eigenvalue weighted by molar-refractivity contribution is 6.68. The molecule has 0 fully saturated rings. The smallest absolute Gasteiger partial charge is 0.263 e. The van der Waals surface area contributed by atoms with Crippen molar-refractivity contribution in [1.82, 2.24) is 4.98 Å². The van der Waals surface area contributed by atoms with Crippen LogP contribution < -0.4 is 10.7 Å². The molecule has 0 aromatic rings. The maximum atomic E-state index is 6.83. The fourth-order valence-corrected chi connectivity index (χ4v) is 5.71. The van der Waals surface area contributed by atoms with E-state index in [1.54, 1.807) is 0 Å². The van der Waals surface area contributed by atoms with Crippen molar-refractivity contribution in [3.05, 3.63) is 0 Å². The molecule has 4 heteroatoms. The number of nitrogens with one attached hydrogen (secondary N) is 1. The van der Waals surface area contributed by atoms with Gasteiger partial charge in [0.05, 0.1) is 5.60 Å². The molecule has 0 spiro atoms. The molecule has 0 heterocycles. The van der Waals surface area contributed by atoms with Crippen LogP contribution in [-0.4, -0.2) is 27.2 Å². The number of hydrogen-bond acceptors (Lipinski definition) is 3. The molecule has 0 atom stereocenters. The van der Waals surface area contributed by atoms with Gasteiger partial charge in [0.25, 0.3) is 8.48 Å². The predicted octanol–water partition coefficient (Wildman–Crippen LogP) is 4.13. The molecule has 0 radical (unpaired) electrons. The van der Waals surface area contributed by atoms with E-state index in [1.807, 2.05) is 0 Å². The van der Waals surface area contributed by atoms with Crippen LogP contribution >= 0.6 is 0 Å². The Morgan fingerprint density at radius 1 is 0.905 bits per heavy atom. The summed E-state index contributed by atoms with van der Waals surface area (Å²) in [6.07, 6.45) is 3.43. The van der Waals surface area contributed by atoms with E-state index in [2.05, 4.69) is 59.6 Å². The van der Waals surface area contributed by atoms with Gasteiger partial charge in [0.2, 0.25) is 0 Å². The van der Waals surface area contributed by atoms with Crippen molar-refractivity contribution in [3.63, 3.8) is 0 Å². The van der Waals surface area contributed by atoms with Gasteiger partial charge in [-0.15, -0.1) is 0 Å². The molecular formula is C17H40N2OSi. The standard InChI is InChI=1S/C17H40N2OSi/c1-14(2)11-17(12-15(3)4,13-16(5)6)20-21(7,8)19-10-9-18/h14-16,19H,9-13,18H2,1-8H3. The molecule has 0 aromatic heterocycles. The van der Waals surface area contributed by atoms with Crippen LogP contribution in [0.3, 0.4) is 0 Å². The van der Waals surface area contributed by atoms with Crippen LogP contribution in [0, 0.1) is 17.8 Å². The third kappa shape index (κ3) is 9.66. The topological polar surface area (TPSA) is 47.3 Å². The first-order valence-corrected chi connectivity index (χ1v) is 11.6. The number of rotatable bonds is 11. The van der Waals surface area contributed by atoms with Crippen molar-refractivity contribution in [2.45, 2.75) is 79.5 Å². The lowest BCUT2D eigenvalue weighted by molar-refractivity contribution is -0.00328. The van der Waals surface area contributed by atoms with Gasteiger partial charge in [-0.2, -0.15) is 0 Å². The first-order chi connectivity index (χ1) is 9.52. The van der Waals surface area contributed by atoms with E-state index in [9.17, 15) is 0 Å². The van der Waals surface area contributed by atoms with E-state index in [0.29, 0.717) is 24.3 Å². The van der Waals surface area contributed by atoms with Crippen molar-refractivity contribution in [2.75, 3.05) is 13.1 Å². The molecule has 0 saturated heterocycles. The maximum absolute atomic E-state index is 6.83. The van der Waals surface area contributed by atoms with E-state index in [1.165, 1.54) is 0 Å². The molecule has 0 rings (SSSR count). The van der Waals surface area contributed by atoms with E-state index in [0.717, 1.165) is 25.8 Å². The van der Waals surface area contributed by atoms with Gasteiger partial charge in [-0.1, -0.05) is 41.5 Å². The summed E-state index contributed by atoms with van der Waals surface area (Å²) in [6.45, 7) is 19.9. The fourth-order valence-electron chi connectivity index (χ4n) is 3.56. The molecule has 0 amide bonds. The Kier molecular flexibility index (Phi) is 9.33. The van der Waals surface area contributed by atoms with Gasteiger partial charge in [0, 0.05) is 13.1 Å². The van der Waals surface area contributed by atoms with Gasteiger partial charge in [-0.25, -0.2) is 0 Å². The van der Waals surface area contributed by atoms with Crippen LogP contribution in [0.15, 0.2) is 0 Å². The minimum Gasteiger partial charge on any atom is -0.398 e. The van der Waals surface area contributed by atoms with Crippen molar-refractivity contribution >= 4 is 8.48 Å². The van der Waals surface area contributed by atoms with Crippen LogP contribution in [0.5, 0.6) is 0 Å². The van der Waals surface area contributed by atoms with Crippen LogP contribution in [0.4, 0.5) is 0 Å². The summed E-state index contributed by atoms with van der Waals surface area (Å²) in [5, 5.41) is 0. The summed E-state index contributed by atoms with van der Waals surface area (Å²) >= 11 is 0. The first-order valence-electron chi connectivity index (χ1n) is 8.67. The van der Waals surface area contributed by atoms with Crippen LogP contribution in [-0.2, 0) is 4.43 Å². The Bertz CT molecular complexity index is 251. The third-order valence-electron chi connectivity index (χ3n) is 3.51. The third-order valence-corrected chi connectivity index (χ3v) is 5.55. The Balaban J connectivity index is 5.21. The fraction of sp³-hybridized carbons (Fsp3) is 1.00. The zero-order chi connectivity index (χ0) is 16.7. The Labute approximate surface area is 134 Å². The zero-order valence-corrected chi connectivity index (χ0v) is 16.8.